The average molecular weight is 1040 g/mol. The monoisotopic (exact) mass is 1040 g/mol. The van der Waals surface area contributed by atoms with Crippen LogP contribution in [-0.4, -0.2) is 29.6 Å². The van der Waals surface area contributed by atoms with Crippen molar-refractivity contribution in [2.75, 3.05) is 0 Å². The Balaban J connectivity index is 0.940. The number of benzene rings is 12. The van der Waals surface area contributed by atoms with Gasteiger partial charge in [-0.3, -0.25) is 0 Å². The predicted molar refractivity (Wildman–Crippen MR) is 334 cm³/mol. The van der Waals surface area contributed by atoms with Gasteiger partial charge in [-0.15, -0.1) is 0 Å². The van der Waals surface area contributed by atoms with Crippen LogP contribution in [-0.2, 0) is 5.41 Å². The molecule has 4 aliphatic rings. The SMILES string of the molecule is c1ccc([Si](c2ccccc2)(c2ccccc2)c2cccc3c2Oc2cccc4c2B3c2ccccc2C42c3ccccc3B3c4cccc([Si](c5ccccc5)(c5ccccc5)c5ccccc5)c4Oc4cccc2c43)cc1. The Hall–Kier alpha value is -9.20. The molecule has 0 aromatic heterocycles. The molecule has 16 rings (SSSR count). The van der Waals surface area contributed by atoms with Crippen molar-refractivity contribution in [3.63, 3.8) is 0 Å². The van der Waals surface area contributed by atoms with E-state index >= 15 is 0 Å². The molecule has 12 aromatic rings. The van der Waals surface area contributed by atoms with Gasteiger partial charge in [0, 0.05) is 0 Å². The van der Waals surface area contributed by atoms with Crippen LogP contribution in [0.5, 0.6) is 23.0 Å². The number of para-hydroxylation sites is 2. The second-order valence-electron chi connectivity index (χ2n) is 21.6. The van der Waals surface area contributed by atoms with Crippen molar-refractivity contribution < 1.29 is 9.47 Å². The molecule has 0 atom stereocenters. The lowest BCUT2D eigenvalue weighted by atomic mass is 9.25. The molecule has 12 aromatic carbocycles. The molecule has 2 nitrogen and oxygen atoms in total. The van der Waals surface area contributed by atoms with Crippen molar-refractivity contribution in [2.45, 2.75) is 5.41 Å². The van der Waals surface area contributed by atoms with Gasteiger partial charge in [0.25, 0.3) is 13.4 Å². The minimum atomic E-state index is -3.02. The molecule has 79 heavy (non-hydrogen) atoms. The molecular weight excluding hydrogens is 987 g/mol. The maximum atomic E-state index is 7.74. The Labute approximate surface area is 464 Å². The molecule has 1 spiro atoms. The van der Waals surface area contributed by atoms with Crippen molar-refractivity contribution in [3.05, 3.63) is 326 Å². The number of hydrogen-bond donors (Lipinski definition) is 0. The molecule has 0 saturated heterocycles. The summed E-state index contributed by atoms with van der Waals surface area (Å²) in [7, 11) is -6.03. The third kappa shape index (κ3) is 6.30. The normalized spacial score (nSPS) is 13.8. The Morgan fingerprint density at radius 3 is 0.835 bits per heavy atom. The Kier molecular flexibility index (Phi) is 10.4. The first-order valence-corrected chi connectivity index (χ1v) is 31.6. The topological polar surface area (TPSA) is 18.5 Å². The molecule has 4 heterocycles. The maximum absolute atomic E-state index is 7.74. The molecule has 0 aliphatic carbocycles. The molecule has 0 bridgehead atoms. The van der Waals surface area contributed by atoms with Crippen LogP contribution < -0.4 is 83.7 Å². The quantitative estimate of drug-likeness (QED) is 0.125. The predicted octanol–water partition coefficient (Wildman–Crippen LogP) is 6.69. The number of fused-ring (bicyclic) bond motifs is 12. The summed E-state index contributed by atoms with van der Waals surface area (Å²) >= 11 is 0. The highest BCUT2D eigenvalue weighted by Crippen LogP contribution is 2.50. The van der Waals surface area contributed by atoms with E-state index in [-0.39, 0.29) is 13.4 Å². The fourth-order valence-electron chi connectivity index (χ4n) is 15.2. The third-order valence-electron chi connectivity index (χ3n) is 18.1. The highest BCUT2D eigenvalue weighted by atomic mass is 28.3. The molecule has 0 radical (unpaired) electrons. The molecule has 0 N–H and O–H groups in total. The first-order valence-electron chi connectivity index (χ1n) is 27.6. The van der Waals surface area contributed by atoms with Crippen LogP contribution in [0.25, 0.3) is 0 Å². The third-order valence-corrected chi connectivity index (χ3v) is 27.7. The molecule has 6 heteroatoms. The van der Waals surface area contributed by atoms with E-state index in [1.165, 1.54) is 96.5 Å². The van der Waals surface area contributed by atoms with Crippen molar-refractivity contribution in [2.24, 2.45) is 0 Å². The lowest BCUT2D eigenvalue weighted by Crippen LogP contribution is -2.76. The average Bonchev–Trinajstić information content (AvgIpc) is 3.53. The maximum Gasteiger partial charge on any atom is 0.251 e. The largest absolute Gasteiger partial charge is 0.459 e. The summed E-state index contributed by atoms with van der Waals surface area (Å²) < 4.78 is 15.5. The van der Waals surface area contributed by atoms with Gasteiger partial charge in [-0.2, -0.15) is 0 Å². The summed E-state index contributed by atoms with van der Waals surface area (Å²) in [6.45, 7) is -0.191. The Bertz CT molecular complexity index is 3860. The summed E-state index contributed by atoms with van der Waals surface area (Å²) in [6, 6.07) is 114. The van der Waals surface area contributed by atoms with Gasteiger partial charge in [0.2, 0.25) is 0 Å². The van der Waals surface area contributed by atoms with Gasteiger partial charge in [-0.1, -0.05) is 302 Å². The van der Waals surface area contributed by atoms with Crippen molar-refractivity contribution in [3.8, 4) is 23.0 Å². The van der Waals surface area contributed by atoms with Crippen LogP contribution in [0, 0.1) is 0 Å². The fraction of sp³-hybridized carbons (Fsp3) is 0.0137. The van der Waals surface area contributed by atoms with Crippen molar-refractivity contribution >= 4 is 104 Å². The smallest absolute Gasteiger partial charge is 0.251 e. The van der Waals surface area contributed by atoms with E-state index in [1.54, 1.807) is 0 Å². The molecule has 0 amide bonds. The molecule has 4 aliphatic heterocycles. The fourth-order valence-corrected chi connectivity index (χ4v) is 25.0. The summed E-state index contributed by atoms with van der Waals surface area (Å²) in [5.41, 5.74) is 11.8. The van der Waals surface area contributed by atoms with E-state index in [4.69, 9.17) is 9.47 Å². The van der Waals surface area contributed by atoms with E-state index in [2.05, 4.69) is 303 Å². The van der Waals surface area contributed by atoms with Crippen LogP contribution in [0.4, 0.5) is 0 Å². The highest BCUT2D eigenvalue weighted by molar-refractivity contribution is 7.21. The molecular formula is C73H50B2O2Si2. The van der Waals surface area contributed by atoms with Crippen LogP contribution in [0.1, 0.15) is 22.3 Å². The van der Waals surface area contributed by atoms with E-state index in [9.17, 15) is 0 Å². The lowest BCUT2D eigenvalue weighted by molar-refractivity contribution is 0.487. The van der Waals surface area contributed by atoms with Crippen LogP contribution in [0.3, 0.4) is 0 Å². The van der Waals surface area contributed by atoms with Crippen LogP contribution in [0.15, 0.2) is 303 Å². The molecule has 0 unspecified atom stereocenters. The van der Waals surface area contributed by atoms with E-state index in [1.807, 2.05) is 0 Å². The van der Waals surface area contributed by atoms with Crippen LogP contribution in [0.2, 0.25) is 0 Å². The zero-order chi connectivity index (χ0) is 52.1. The number of rotatable bonds is 8. The van der Waals surface area contributed by atoms with Crippen LogP contribution >= 0.6 is 0 Å². The second kappa shape index (κ2) is 17.9. The van der Waals surface area contributed by atoms with E-state index < -0.39 is 21.6 Å². The molecule has 0 saturated carbocycles. The summed E-state index contributed by atoms with van der Waals surface area (Å²) in [5, 5.41) is 10.4. The molecule has 368 valence electrons. The minimum Gasteiger partial charge on any atom is -0.459 e. The van der Waals surface area contributed by atoms with Gasteiger partial charge < -0.3 is 9.47 Å². The Morgan fingerprint density at radius 1 is 0.241 bits per heavy atom. The van der Waals surface area contributed by atoms with Gasteiger partial charge in [-0.25, -0.2) is 0 Å². The van der Waals surface area contributed by atoms with Gasteiger partial charge in [0.05, 0.1) is 5.41 Å². The van der Waals surface area contributed by atoms with Gasteiger partial charge >= 0.3 is 0 Å². The van der Waals surface area contributed by atoms with Gasteiger partial charge in [-0.05, 0) is 97.7 Å². The summed E-state index contributed by atoms with van der Waals surface area (Å²) in [4.78, 5) is 0. The van der Waals surface area contributed by atoms with E-state index in [0.717, 1.165) is 23.0 Å². The summed E-state index contributed by atoms with van der Waals surface area (Å²) in [5.74, 6) is 3.75. The lowest BCUT2D eigenvalue weighted by Gasteiger charge is -2.51. The second-order valence-corrected chi connectivity index (χ2v) is 29.1. The van der Waals surface area contributed by atoms with Crippen molar-refractivity contribution in [1.82, 2.24) is 0 Å². The number of ether oxygens (including phenoxy) is 2. The van der Waals surface area contributed by atoms with Crippen molar-refractivity contribution in [1.29, 1.82) is 0 Å². The zero-order valence-corrected chi connectivity index (χ0v) is 45.3. The standard InChI is InChI=1S/C73H50B2O2Si2/c1-7-27-51(28-8-1)78(52-29-9-2-10-30-52,53-31-11-3-12-32-53)67-49-25-45-63-71(67)76-65-47-23-41-59-69(65)74(63)61-43-21-19-39-57(61)73(59)58-40-20-22-44-62(58)75-64-46-26-50-68(72(64)77-66-48-24-42-60(73)70(66)75)79(54-33-13-4-14-34-54,55-35-15-5-16-36-55)56-37-17-6-18-38-56/h1-50H. The summed E-state index contributed by atoms with van der Waals surface area (Å²) in [6.07, 6.45) is 0. The highest BCUT2D eigenvalue weighted by Gasteiger charge is 2.58. The first-order chi connectivity index (χ1) is 39.2. The Morgan fingerprint density at radius 2 is 0.506 bits per heavy atom. The van der Waals surface area contributed by atoms with E-state index in [0.29, 0.717) is 0 Å². The van der Waals surface area contributed by atoms with Gasteiger partial charge in [0.1, 0.15) is 23.0 Å². The minimum absolute atomic E-state index is 0.0956. The first kappa shape index (κ1) is 45.9. The number of hydrogen-bond acceptors (Lipinski definition) is 2. The van der Waals surface area contributed by atoms with Gasteiger partial charge in [0.15, 0.2) is 16.1 Å². The zero-order valence-electron chi connectivity index (χ0n) is 43.3. The molecule has 0 fully saturated rings.